The topological polar surface area (TPSA) is 67.6 Å². The van der Waals surface area contributed by atoms with Crippen LogP contribution in [-0.4, -0.2) is 15.2 Å². The van der Waals surface area contributed by atoms with E-state index in [0.717, 1.165) is 26.9 Å². The molecule has 3 rings (SSSR count). The largest absolute Gasteiger partial charge is 0.382 e. The second kappa shape index (κ2) is 5.09. The summed E-state index contributed by atoms with van der Waals surface area (Å²) in [5.41, 5.74) is 11.0. The van der Waals surface area contributed by atoms with Crippen molar-refractivity contribution in [2.45, 2.75) is 6.92 Å². The maximum Gasteiger partial charge on any atom is 0.153 e. The van der Waals surface area contributed by atoms with E-state index in [1.54, 1.807) is 12.4 Å². The number of aromatic nitrogens is 3. The second-order valence-electron chi connectivity index (χ2n) is 4.56. The third-order valence-electron chi connectivity index (χ3n) is 3.22. The van der Waals surface area contributed by atoms with Gasteiger partial charge in [0.05, 0.1) is 11.3 Å². The molecule has 20 heavy (non-hydrogen) atoms. The molecule has 3 N–H and O–H groups in total. The summed E-state index contributed by atoms with van der Waals surface area (Å²) in [5, 5.41) is 7.16. The summed E-state index contributed by atoms with van der Waals surface area (Å²) < 4.78 is 1.06. The zero-order chi connectivity index (χ0) is 14.1. The van der Waals surface area contributed by atoms with Gasteiger partial charge in [-0.1, -0.05) is 28.1 Å². The highest BCUT2D eigenvalue weighted by molar-refractivity contribution is 9.10. The van der Waals surface area contributed by atoms with Crippen LogP contribution in [0.15, 0.2) is 47.2 Å². The second-order valence-corrected chi connectivity index (χ2v) is 5.41. The van der Waals surface area contributed by atoms with Gasteiger partial charge in [0.2, 0.25) is 0 Å². The predicted molar refractivity (Wildman–Crippen MR) is 84.1 cm³/mol. The van der Waals surface area contributed by atoms with Crippen molar-refractivity contribution in [3.8, 4) is 22.4 Å². The first kappa shape index (κ1) is 12.9. The molecule has 4 nitrogen and oxygen atoms in total. The summed E-state index contributed by atoms with van der Waals surface area (Å²) in [6, 6.07) is 10.0. The number of halogens is 1. The molecule has 0 saturated heterocycles. The number of H-pyrrole nitrogens is 1. The number of nitrogens with two attached hydrogens (primary N) is 1. The number of anilines is 1. The van der Waals surface area contributed by atoms with Gasteiger partial charge >= 0.3 is 0 Å². The summed E-state index contributed by atoms with van der Waals surface area (Å²) in [6.45, 7) is 2.05. The van der Waals surface area contributed by atoms with Gasteiger partial charge in [0.15, 0.2) is 5.82 Å². The number of aryl methyl sites for hydroxylation is 1. The third kappa shape index (κ3) is 2.20. The average Bonchev–Trinajstić information content (AvgIpc) is 2.85. The molecule has 0 unspecified atom stereocenters. The number of nitrogen functional groups attached to an aromatic ring is 1. The molecule has 0 aliphatic heterocycles. The zero-order valence-electron chi connectivity index (χ0n) is 10.9. The minimum absolute atomic E-state index is 0.489. The van der Waals surface area contributed by atoms with Gasteiger partial charge in [-0.25, -0.2) is 0 Å². The first-order chi connectivity index (χ1) is 9.66. The van der Waals surface area contributed by atoms with Gasteiger partial charge in [-0.15, -0.1) is 0 Å². The summed E-state index contributed by atoms with van der Waals surface area (Å²) in [5.74, 6) is 0.489. The number of hydrogen-bond donors (Lipinski definition) is 2. The average molecular weight is 329 g/mol. The number of benzene rings is 1. The molecule has 0 spiro atoms. The smallest absolute Gasteiger partial charge is 0.153 e. The fraction of sp³-hybridized carbons (Fsp3) is 0.0667. The Hall–Kier alpha value is -2.14. The molecule has 0 amide bonds. The summed E-state index contributed by atoms with van der Waals surface area (Å²) in [7, 11) is 0. The van der Waals surface area contributed by atoms with Crippen molar-refractivity contribution in [1.82, 2.24) is 15.2 Å². The van der Waals surface area contributed by atoms with Gasteiger partial charge in [0.25, 0.3) is 0 Å². The molecular weight excluding hydrogens is 316 g/mol. The zero-order valence-corrected chi connectivity index (χ0v) is 12.5. The van der Waals surface area contributed by atoms with Crippen molar-refractivity contribution in [2.24, 2.45) is 0 Å². The van der Waals surface area contributed by atoms with E-state index in [-0.39, 0.29) is 0 Å². The van der Waals surface area contributed by atoms with Gasteiger partial charge < -0.3 is 5.73 Å². The van der Waals surface area contributed by atoms with Crippen LogP contribution in [0, 0.1) is 6.92 Å². The van der Waals surface area contributed by atoms with Crippen LogP contribution in [-0.2, 0) is 0 Å². The van der Waals surface area contributed by atoms with Crippen LogP contribution in [0.4, 0.5) is 5.82 Å². The van der Waals surface area contributed by atoms with E-state index in [2.05, 4.69) is 56.2 Å². The highest BCUT2D eigenvalue weighted by Gasteiger charge is 2.15. The van der Waals surface area contributed by atoms with Gasteiger partial charge in [-0.3, -0.25) is 10.1 Å². The highest BCUT2D eigenvalue weighted by Crippen LogP contribution is 2.35. The van der Waals surface area contributed by atoms with Crippen molar-refractivity contribution in [2.75, 3.05) is 5.73 Å². The van der Waals surface area contributed by atoms with Crippen LogP contribution in [0.5, 0.6) is 0 Å². The van der Waals surface area contributed by atoms with Gasteiger partial charge in [0.1, 0.15) is 0 Å². The molecule has 1 aromatic carbocycles. The monoisotopic (exact) mass is 328 g/mol. The van der Waals surface area contributed by atoms with Gasteiger partial charge in [-0.05, 0) is 36.2 Å². The Labute approximate surface area is 125 Å². The Balaban J connectivity index is 2.18. The molecule has 0 radical (unpaired) electrons. The molecule has 3 aromatic rings. The van der Waals surface area contributed by atoms with E-state index in [0.29, 0.717) is 5.82 Å². The number of aromatic amines is 1. The Bertz CT molecular complexity index is 750. The molecule has 0 atom stereocenters. The lowest BCUT2D eigenvalue weighted by molar-refractivity contribution is 1.10. The molecule has 0 aliphatic carbocycles. The quantitative estimate of drug-likeness (QED) is 0.752. The van der Waals surface area contributed by atoms with Crippen molar-refractivity contribution in [3.63, 3.8) is 0 Å². The van der Waals surface area contributed by atoms with E-state index in [9.17, 15) is 0 Å². The Kier molecular flexibility index (Phi) is 3.28. The minimum Gasteiger partial charge on any atom is -0.382 e. The molecule has 2 aromatic heterocycles. The molecule has 5 heteroatoms. The van der Waals surface area contributed by atoms with Gasteiger partial charge in [-0.2, -0.15) is 5.10 Å². The van der Waals surface area contributed by atoms with Crippen molar-refractivity contribution in [3.05, 3.63) is 52.8 Å². The van der Waals surface area contributed by atoms with Crippen molar-refractivity contribution in [1.29, 1.82) is 0 Å². The number of pyridine rings is 1. The van der Waals surface area contributed by atoms with Crippen molar-refractivity contribution >= 4 is 21.7 Å². The van der Waals surface area contributed by atoms with Crippen LogP contribution in [0.2, 0.25) is 0 Å². The van der Waals surface area contributed by atoms with Crippen LogP contribution in [0.3, 0.4) is 0 Å². The first-order valence-corrected chi connectivity index (χ1v) is 6.97. The maximum absolute atomic E-state index is 6.00. The predicted octanol–water partition coefficient (Wildman–Crippen LogP) is 3.79. The van der Waals surface area contributed by atoms with E-state index in [1.165, 1.54) is 5.56 Å². The number of rotatable bonds is 2. The highest BCUT2D eigenvalue weighted by atomic mass is 79.9. The van der Waals surface area contributed by atoms with E-state index in [4.69, 9.17) is 5.73 Å². The summed E-state index contributed by atoms with van der Waals surface area (Å²) in [4.78, 5) is 4.03. The number of nitrogens with one attached hydrogen (secondary N) is 1. The number of hydrogen-bond acceptors (Lipinski definition) is 3. The standard InChI is InChI=1S/C15H13BrN4/c1-9-2-3-11(8-12(9)16)14-13(15(17)20-19-14)10-4-6-18-7-5-10/h2-8H,1H3,(H3,17,19,20). The van der Waals surface area contributed by atoms with E-state index >= 15 is 0 Å². The lowest BCUT2D eigenvalue weighted by Gasteiger charge is -2.06. The molecule has 0 bridgehead atoms. The fourth-order valence-corrected chi connectivity index (χ4v) is 2.50. The van der Waals surface area contributed by atoms with Crippen LogP contribution in [0.25, 0.3) is 22.4 Å². The molecule has 100 valence electrons. The molecule has 2 heterocycles. The maximum atomic E-state index is 6.00. The summed E-state index contributed by atoms with van der Waals surface area (Å²) in [6.07, 6.45) is 3.49. The Morgan fingerprint density at radius 1 is 1.10 bits per heavy atom. The Morgan fingerprint density at radius 2 is 1.85 bits per heavy atom. The molecular formula is C15H13BrN4. The molecule has 0 saturated carbocycles. The lowest BCUT2D eigenvalue weighted by Crippen LogP contribution is -1.89. The van der Waals surface area contributed by atoms with Crippen LogP contribution < -0.4 is 5.73 Å². The molecule has 0 aliphatic rings. The van der Waals surface area contributed by atoms with Crippen LogP contribution in [0.1, 0.15) is 5.56 Å². The first-order valence-electron chi connectivity index (χ1n) is 6.17. The van der Waals surface area contributed by atoms with E-state index < -0.39 is 0 Å². The Morgan fingerprint density at radius 3 is 2.55 bits per heavy atom. The van der Waals surface area contributed by atoms with Crippen molar-refractivity contribution < 1.29 is 0 Å². The van der Waals surface area contributed by atoms with E-state index in [1.807, 2.05) is 12.1 Å². The van der Waals surface area contributed by atoms with Crippen LogP contribution >= 0.6 is 15.9 Å². The summed E-state index contributed by atoms with van der Waals surface area (Å²) >= 11 is 3.56. The SMILES string of the molecule is Cc1ccc(-c2[nH]nc(N)c2-c2ccncc2)cc1Br. The molecule has 0 fully saturated rings. The normalized spacial score (nSPS) is 10.7. The number of nitrogens with zero attached hydrogens (tertiary/aromatic N) is 2. The minimum atomic E-state index is 0.489. The van der Waals surface area contributed by atoms with Gasteiger partial charge in [0, 0.05) is 22.4 Å². The lowest BCUT2D eigenvalue weighted by atomic mass is 10.0. The third-order valence-corrected chi connectivity index (χ3v) is 4.08. The fourth-order valence-electron chi connectivity index (χ4n) is 2.12.